The third kappa shape index (κ3) is 3.22. The summed E-state index contributed by atoms with van der Waals surface area (Å²) in [6.45, 7) is 1.72. The molecule has 28 heavy (non-hydrogen) atoms. The summed E-state index contributed by atoms with van der Waals surface area (Å²) in [6.07, 6.45) is 0. The highest BCUT2D eigenvalue weighted by Crippen LogP contribution is 2.27. The Morgan fingerprint density at radius 1 is 1.04 bits per heavy atom. The van der Waals surface area contributed by atoms with Gasteiger partial charge in [-0.3, -0.25) is 4.57 Å². The van der Waals surface area contributed by atoms with E-state index in [9.17, 15) is 8.78 Å². The predicted octanol–water partition coefficient (Wildman–Crippen LogP) is 4.81. The third-order valence-electron chi connectivity index (χ3n) is 4.14. The van der Waals surface area contributed by atoms with Crippen molar-refractivity contribution in [2.45, 2.75) is 6.92 Å². The number of imidazole rings is 1. The van der Waals surface area contributed by atoms with E-state index in [1.54, 1.807) is 44.4 Å². The second kappa shape index (κ2) is 7.05. The van der Waals surface area contributed by atoms with Crippen molar-refractivity contribution in [1.29, 1.82) is 0 Å². The maximum absolute atomic E-state index is 14.5. The topological polar surface area (TPSA) is 64.9 Å². The van der Waals surface area contributed by atoms with Crippen molar-refractivity contribution in [1.82, 2.24) is 19.5 Å². The number of fused-ring (bicyclic) bond motifs is 1. The van der Waals surface area contributed by atoms with Gasteiger partial charge in [-0.05, 0) is 43.3 Å². The van der Waals surface area contributed by atoms with Gasteiger partial charge in [0.05, 0.1) is 18.1 Å². The minimum absolute atomic E-state index is 0.0769. The molecule has 1 N–H and O–H groups in total. The van der Waals surface area contributed by atoms with Gasteiger partial charge in [0.15, 0.2) is 11.0 Å². The lowest BCUT2D eigenvalue weighted by molar-refractivity contribution is 0.415. The Labute approximate surface area is 163 Å². The second-order valence-corrected chi connectivity index (χ2v) is 6.32. The summed E-state index contributed by atoms with van der Waals surface area (Å²) in [6, 6.07) is 11.0. The molecule has 0 spiro atoms. The van der Waals surface area contributed by atoms with Crippen LogP contribution in [0, 0.1) is 18.6 Å². The highest BCUT2D eigenvalue weighted by atomic mass is 35.5. The smallest absolute Gasteiger partial charge is 0.239 e. The van der Waals surface area contributed by atoms with Crippen LogP contribution in [0.3, 0.4) is 0 Å². The maximum Gasteiger partial charge on any atom is 0.239 e. The van der Waals surface area contributed by atoms with E-state index in [1.165, 1.54) is 16.7 Å². The first-order valence-electron chi connectivity index (χ1n) is 8.25. The number of rotatable bonds is 4. The Hall–Kier alpha value is -3.26. The summed E-state index contributed by atoms with van der Waals surface area (Å²) < 4.78 is 34.8. The standard InChI is InChI=1S/C19H14ClF2N5O/c1-10-23-14-8-3-11(21)9-15(14)27(10)19-25-17(20)16(22)18(26-19)24-12-4-6-13(28-2)7-5-12/h3-9H,1-2H3,(H,24,25,26). The highest BCUT2D eigenvalue weighted by Gasteiger charge is 2.18. The fourth-order valence-electron chi connectivity index (χ4n) is 2.82. The van der Waals surface area contributed by atoms with Crippen LogP contribution in [0.15, 0.2) is 42.5 Å². The van der Waals surface area contributed by atoms with Crippen molar-refractivity contribution >= 4 is 34.1 Å². The number of anilines is 2. The zero-order chi connectivity index (χ0) is 19.8. The van der Waals surface area contributed by atoms with Gasteiger partial charge in [-0.15, -0.1) is 0 Å². The summed E-state index contributed by atoms with van der Waals surface area (Å²) in [5, 5.41) is 2.51. The first-order chi connectivity index (χ1) is 13.5. The minimum Gasteiger partial charge on any atom is -0.497 e. The van der Waals surface area contributed by atoms with Crippen LogP contribution >= 0.6 is 11.6 Å². The van der Waals surface area contributed by atoms with Crippen LogP contribution in [0.25, 0.3) is 17.0 Å². The van der Waals surface area contributed by atoms with Gasteiger partial charge in [0.2, 0.25) is 11.8 Å². The van der Waals surface area contributed by atoms with E-state index in [0.29, 0.717) is 28.3 Å². The lowest BCUT2D eigenvalue weighted by Crippen LogP contribution is -2.08. The molecule has 2 aromatic carbocycles. The van der Waals surface area contributed by atoms with Crippen LogP contribution in [-0.2, 0) is 0 Å². The largest absolute Gasteiger partial charge is 0.497 e. The average Bonchev–Trinajstić information content (AvgIpc) is 3.01. The van der Waals surface area contributed by atoms with E-state index in [2.05, 4.69) is 20.3 Å². The Balaban J connectivity index is 1.81. The normalized spacial score (nSPS) is 11.0. The van der Waals surface area contributed by atoms with Crippen molar-refractivity contribution in [2.75, 3.05) is 12.4 Å². The van der Waals surface area contributed by atoms with E-state index in [1.807, 2.05) is 0 Å². The monoisotopic (exact) mass is 401 g/mol. The van der Waals surface area contributed by atoms with Gasteiger partial charge < -0.3 is 10.1 Å². The zero-order valence-corrected chi connectivity index (χ0v) is 15.6. The molecule has 0 saturated heterocycles. The van der Waals surface area contributed by atoms with Crippen LogP contribution in [0.4, 0.5) is 20.3 Å². The molecule has 0 aliphatic heterocycles. The summed E-state index contributed by atoms with van der Waals surface area (Å²) in [5.74, 6) is -0.0904. The maximum atomic E-state index is 14.5. The molecule has 0 fully saturated rings. The van der Waals surface area contributed by atoms with Crippen LogP contribution in [0.5, 0.6) is 5.75 Å². The Morgan fingerprint density at radius 2 is 1.79 bits per heavy atom. The van der Waals surface area contributed by atoms with Crippen molar-refractivity contribution in [3.8, 4) is 11.7 Å². The Bertz CT molecular complexity index is 1180. The SMILES string of the molecule is COc1ccc(Nc2nc(-n3c(C)nc4ccc(F)cc43)nc(Cl)c2F)cc1. The minimum atomic E-state index is -0.797. The number of aromatic nitrogens is 4. The van der Waals surface area contributed by atoms with Crippen molar-refractivity contribution in [3.63, 3.8) is 0 Å². The van der Waals surface area contributed by atoms with Crippen molar-refractivity contribution in [2.24, 2.45) is 0 Å². The predicted molar refractivity (Wildman–Crippen MR) is 103 cm³/mol. The summed E-state index contributed by atoms with van der Waals surface area (Å²) >= 11 is 5.99. The molecule has 2 aromatic heterocycles. The lowest BCUT2D eigenvalue weighted by atomic mass is 10.3. The molecule has 9 heteroatoms. The zero-order valence-electron chi connectivity index (χ0n) is 14.9. The number of hydrogen-bond donors (Lipinski definition) is 1. The van der Waals surface area contributed by atoms with Gasteiger partial charge in [0.25, 0.3) is 0 Å². The van der Waals surface area contributed by atoms with E-state index >= 15 is 0 Å². The molecule has 0 aliphatic carbocycles. The van der Waals surface area contributed by atoms with E-state index in [4.69, 9.17) is 16.3 Å². The molecule has 142 valence electrons. The molecule has 4 rings (SSSR count). The summed E-state index contributed by atoms with van der Waals surface area (Å²) in [4.78, 5) is 12.6. The molecule has 0 aliphatic rings. The quantitative estimate of drug-likeness (QED) is 0.497. The molecule has 0 bridgehead atoms. The van der Waals surface area contributed by atoms with Gasteiger partial charge >= 0.3 is 0 Å². The second-order valence-electron chi connectivity index (χ2n) is 5.96. The molecule has 0 atom stereocenters. The molecule has 0 unspecified atom stereocenters. The van der Waals surface area contributed by atoms with Gasteiger partial charge in [-0.1, -0.05) is 11.6 Å². The number of methoxy groups -OCH3 is 1. The molecule has 0 saturated carbocycles. The number of benzene rings is 2. The lowest BCUT2D eigenvalue weighted by Gasteiger charge is -2.11. The van der Waals surface area contributed by atoms with Crippen LogP contribution < -0.4 is 10.1 Å². The molecule has 0 amide bonds. The average molecular weight is 402 g/mol. The third-order valence-corrected chi connectivity index (χ3v) is 4.39. The number of halogens is 3. The van der Waals surface area contributed by atoms with E-state index < -0.39 is 11.6 Å². The van der Waals surface area contributed by atoms with Crippen molar-refractivity contribution < 1.29 is 13.5 Å². The first-order valence-corrected chi connectivity index (χ1v) is 8.63. The fourth-order valence-corrected chi connectivity index (χ4v) is 2.99. The number of hydrogen-bond acceptors (Lipinski definition) is 5. The Kier molecular flexibility index (Phi) is 4.56. The first kappa shape index (κ1) is 18.1. The number of nitrogens with one attached hydrogen (secondary N) is 1. The summed E-state index contributed by atoms with van der Waals surface area (Å²) in [5.41, 5.74) is 1.60. The Morgan fingerprint density at radius 3 is 2.50 bits per heavy atom. The van der Waals surface area contributed by atoms with Crippen LogP contribution in [0.2, 0.25) is 5.15 Å². The van der Waals surface area contributed by atoms with Gasteiger partial charge in [0, 0.05) is 11.8 Å². The van der Waals surface area contributed by atoms with Gasteiger partial charge in [-0.2, -0.15) is 14.4 Å². The fraction of sp³-hybridized carbons (Fsp3) is 0.105. The van der Waals surface area contributed by atoms with E-state index in [0.717, 1.165) is 0 Å². The molecule has 0 radical (unpaired) electrons. The molecule has 6 nitrogen and oxygen atoms in total. The van der Waals surface area contributed by atoms with E-state index in [-0.39, 0.29) is 16.9 Å². The van der Waals surface area contributed by atoms with Crippen molar-refractivity contribution in [3.05, 3.63) is 65.1 Å². The molecular weight excluding hydrogens is 388 g/mol. The summed E-state index contributed by atoms with van der Waals surface area (Å²) in [7, 11) is 1.55. The van der Waals surface area contributed by atoms with Crippen LogP contribution in [-0.4, -0.2) is 26.6 Å². The number of aryl methyl sites for hydroxylation is 1. The highest BCUT2D eigenvalue weighted by molar-refractivity contribution is 6.29. The van der Waals surface area contributed by atoms with Gasteiger partial charge in [-0.25, -0.2) is 9.37 Å². The number of ether oxygens (including phenoxy) is 1. The molecule has 4 aromatic rings. The molecule has 2 heterocycles. The molecular formula is C19H14ClF2N5O. The van der Waals surface area contributed by atoms with Gasteiger partial charge in [0.1, 0.15) is 17.4 Å². The van der Waals surface area contributed by atoms with Crippen LogP contribution in [0.1, 0.15) is 5.82 Å². The number of nitrogens with zero attached hydrogens (tertiary/aromatic N) is 4.